The first-order chi connectivity index (χ1) is 13.4. The van der Waals surface area contributed by atoms with Crippen molar-refractivity contribution in [2.45, 2.75) is 24.8 Å². The van der Waals surface area contributed by atoms with Crippen LogP contribution in [0.3, 0.4) is 0 Å². The lowest BCUT2D eigenvalue weighted by Gasteiger charge is -2.16. The van der Waals surface area contributed by atoms with Crippen LogP contribution in [-0.4, -0.2) is 36.5 Å². The van der Waals surface area contributed by atoms with Crippen LogP contribution in [0.5, 0.6) is 5.75 Å². The van der Waals surface area contributed by atoms with Crippen LogP contribution in [0.15, 0.2) is 57.9 Å². The van der Waals surface area contributed by atoms with Gasteiger partial charge in [-0.25, -0.2) is 17.1 Å². The van der Waals surface area contributed by atoms with E-state index < -0.39 is 15.8 Å². The molecule has 0 aliphatic rings. The predicted molar refractivity (Wildman–Crippen MR) is 99.7 cm³/mol. The second-order valence-electron chi connectivity index (χ2n) is 6.19. The number of benzene rings is 2. The third kappa shape index (κ3) is 4.73. The number of halogens is 1. The van der Waals surface area contributed by atoms with E-state index in [1.807, 2.05) is 31.2 Å². The quantitative estimate of drug-likeness (QED) is 0.573. The van der Waals surface area contributed by atoms with Gasteiger partial charge in [0.05, 0.1) is 4.90 Å². The topological polar surface area (TPSA) is 85.5 Å². The number of likely N-dealkylation sites (N-methyl/N-ethyl adjacent to an activating group) is 1. The van der Waals surface area contributed by atoms with E-state index in [1.165, 1.54) is 23.5 Å². The maximum atomic E-state index is 13.0. The molecule has 2 aromatic carbocycles. The molecule has 28 heavy (non-hydrogen) atoms. The van der Waals surface area contributed by atoms with Crippen molar-refractivity contribution in [1.82, 2.24) is 14.4 Å². The van der Waals surface area contributed by atoms with Gasteiger partial charge in [-0.2, -0.15) is 4.98 Å². The lowest BCUT2D eigenvalue weighted by atomic mass is 10.2. The molecule has 0 amide bonds. The highest BCUT2D eigenvalue weighted by Crippen LogP contribution is 2.18. The largest absolute Gasteiger partial charge is 0.483 e. The maximum absolute atomic E-state index is 13.0. The molecule has 3 rings (SSSR count). The highest BCUT2D eigenvalue weighted by atomic mass is 32.2. The van der Waals surface area contributed by atoms with Gasteiger partial charge in [-0.05, 0) is 42.8 Å². The average molecular weight is 405 g/mol. The summed E-state index contributed by atoms with van der Waals surface area (Å²) in [7, 11) is -2.27. The van der Waals surface area contributed by atoms with Crippen LogP contribution in [0.25, 0.3) is 0 Å². The Balaban J connectivity index is 1.56. The van der Waals surface area contributed by atoms with E-state index in [4.69, 9.17) is 9.26 Å². The third-order valence-electron chi connectivity index (χ3n) is 4.13. The maximum Gasteiger partial charge on any atom is 0.264 e. The Bertz CT molecular complexity index is 1040. The van der Waals surface area contributed by atoms with Crippen LogP contribution in [0.2, 0.25) is 0 Å². The minimum absolute atomic E-state index is 0.0248. The van der Waals surface area contributed by atoms with Crippen molar-refractivity contribution < 1.29 is 22.1 Å². The summed E-state index contributed by atoms with van der Waals surface area (Å²) in [6, 6.07) is 12.3. The molecule has 0 aliphatic carbocycles. The Morgan fingerprint density at radius 2 is 1.86 bits per heavy atom. The number of rotatable bonds is 8. The van der Waals surface area contributed by atoms with Gasteiger partial charge in [0.1, 0.15) is 11.6 Å². The van der Waals surface area contributed by atoms with Gasteiger partial charge in [-0.1, -0.05) is 23.4 Å². The van der Waals surface area contributed by atoms with E-state index in [0.717, 1.165) is 23.4 Å². The number of hydrogen-bond acceptors (Lipinski definition) is 6. The summed E-state index contributed by atoms with van der Waals surface area (Å²) in [5, 5.41) is 3.85. The first-order valence-electron chi connectivity index (χ1n) is 8.58. The number of ether oxygens (including phenoxy) is 1. The molecule has 0 unspecified atom stereocenters. The molecule has 0 aliphatic heterocycles. The molecule has 148 valence electrons. The fraction of sp³-hybridized carbons (Fsp3) is 0.263. The number of hydrogen-bond donors (Lipinski definition) is 0. The molecule has 0 saturated carbocycles. The van der Waals surface area contributed by atoms with Crippen molar-refractivity contribution in [1.29, 1.82) is 0 Å². The van der Waals surface area contributed by atoms with Crippen molar-refractivity contribution in [2.24, 2.45) is 0 Å². The zero-order chi connectivity index (χ0) is 20.1. The van der Waals surface area contributed by atoms with Gasteiger partial charge in [-0.15, -0.1) is 0 Å². The molecule has 3 aromatic rings. The van der Waals surface area contributed by atoms with Crippen LogP contribution in [0, 0.1) is 12.7 Å². The van der Waals surface area contributed by atoms with E-state index in [9.17, 15) is 12.8 Å². The second-order valence-corrected chi connectivity index (χ2v) is 8.23. The van der Waals surface area contributed by atoms with E-state index >= 15 is 0 Å². The van der Waals surface area contributed by atoms with Crippen molar-refractivity contribution in [3.8, 4) is 5.75 Å². The number of aryl methyl sites for hydroxylation is 1. The Kier molecular flexibility index (Phi) is 6.05. The average Bonchev–Trinajstić information content (AvgIpc) is 3.13. The number of sulfonamides is 1. The zero-order valence-corrected chi connectivity index (χ0v) is 16.3. The fourth-order valence-corrected chi connectivity index (χ4v) is 3.64. The molecule has 1 aromatic heterocycles. The summed E-state index contributed by atoms with van der Waals surface area (Å²) in [5.74, 6) is 0.924. The monoisotopic (exact) mass is 405 g/mol. The highest BCUT2D eigenvalue weighted by Gasteiger charge is 2.21. The molecule has 0 N–H and O–H groups in total. The molecule has 0 atom stereocenters. The minimum Gasteiger partial charge on any atom is -0.483 e. The first-order valence-corrected chi connectivity index (χ1v) is 10.0. The normalized spacial score (nSPS) is 11.7. The van der Waals surface area contributed by atoms with Crippen LogP contribution < -0.4 is 4.74 Å². The van der Waals surface area contributed by atoms with Gasteiger partial charge in [0.15, 0.2) is 12.4 Å². The molecule has 0 fully saturated rings. The van der Waals surface area contributed by atoms with Gasteiger partial charge in [-0.3, -0.25) is 0 Å². The predicted octanol–water partition coefficient (Wildman–Crippen LogP) is 2.96. The van der Waals surface area contributed by atoms with Crippen LogP contribution in [0.1, 0.15) is 17.3 Å². The third-order valence-corrected chi connectivity index (χ3v) is 6.00. The van der Waals surface area contributed by atoms with Crippen molar-refractivity contribution in [2.75, 3.05) is 13.6 Å². The summed E-state index contributed by atoms with van der Waals surface area (Å²) >= 11 is 0. The van der Waals surface area contributed by atoms with Gasteiger partial charge >= 0.3 is 0 Å². The fourth-order valence-electron chi connectivity index (χ4n) is 2.47. The summed E-state index contributed by atoms with van der Waals surface area (Å²) in [4.78, 5) is 4.24. The number of para-hydroxylation sites is 1. The summed E-state index contributed by atoms with van der Waals surface area (Å²) in [6.45, 7) is 2.21. The standard InChI is InChI=1S/C19H20FN3O4S/c1-14-5-3-4-6-17(14)26-13-19-21-18(22-27-19)11-12-23(2)28(24,25)16-9-7-15(20)8-10-16/h3-10H,11-13H2,1-2H3. The lowest BCUT2D eigenvalue weighted by Crippen LogP contribution is -2.29. The van der Waals surface area contributed by atoms with Gasteiger partial charge in [0.25, 0.3) is 5.89 Å². The molecule has 9 heteroatoms. The SMILES string of the molecule is Cc1ccccc1OCc1nc(CCN(C)S(=O)(=O)c2ccc(F)cc2)no1. The molecule has 7 nitrogen and oxygen atoms in total. The van der Waals surface area contributed by atoms with Gasteiger partial charge in [0, 0.05) is 20.0 Å². The van der Waals surface area contributed by atoms with Crippen LogP contribution in [0.4, 0.5) is 4.39 Å². The Morgan fingerprint density at radius 1 is 1.14 bits per heavy atom. The lowest BCUT2D eigenvalue weighted by molar-refractivity contribution is 0.241. The molecule has 0 bridgehead atoms. The van der Waals surface area contributed by atoms with Crippen LogP contribution in [-0.2, 0) is 23.1 Å². The smallest absolute Gasteiger partial charge is 0.264 e. The molecule has 0 spiro atoms. The number of nitrogens with zero attached hydrogens (tertiary/aromatic N) is 3. The molecule has 1 heterocycles. The summed E-state index contributed by atoms with van der Waals surface area (Å²) in [6.07, 6.45) is 0.269. The van der Waals surface area contributed by atoms with Crippen molar-refractivity contribution in [3.05, 3.63) is 71.6 Å². The second kappa shape index (κ2) is 8.49. The zero-order valence-electron chi connectivity index (χ0n) is 15.5. The Hall–Kier alpha value is -2.78. The Morgan fingerprint density at radius 3 is 2.57 bits per heavy atom. The van der Waals surface area contributed by atoms with Crippen LogP contribution >= 0.6 is 0 Å². The Labute approximate surface area is 162 Å². The van der Waals surface area contributed by atoms with Gasteiger partial charge < -0.3 is 9.26 Å². The number of aromatic nitrogens is 2. The van der Waals surface area contributed by atoms with E-state index in [1.54, 1.807) is 0 Å². The van der Waals surface area contributed by atoms with E-state index in [2.05, 4.69) is 10.1 Å². The van der Waals surface area contributed by atoms with E-state index in [0.29, 0.717) is 11.7 Å². The van der Waals surface area contributed by atoms with Crippen molar-refractivity contribution in [3.63, 3.8) is 0 Å². The molecule has 0 saturated heterocycles. The van der Waals surface area contributed by atoms with Gasteiger partial charge in [0.2, 0.25) is 10.0 Å². The highest BCUT2D eigenvalue weighted by molar-refractivity contribution is 7.89. The minimum atomic E-state index is -3.71. The van der Waals surface area contributed by atoms with E-state index in [-0.39, 0.29) is 24.5 Å². The molecular formula is C19H20FN3O4S. The molecular weight excluding hydrogens is 385 g/mol. The first kappa shape index (κ1) is 20.0. The summed E-state index contributed by atoms with van der Waals surface area (Å²) < 4.78 is 49.9. The van der Waals surface area contributed by atoms with Crippen molar-refractivity contribution >= 4 is 10.0 Å². The summed E-state index contributed by atoms with van der Waals surface area (Å²) in [5.41, 5.74) is 0.995. The molecule has 0 radical (unpaired) electrons.